The first-order valence-electron chi connectivity index (χ1n) is 14.2. The molecule has 4 N–H and O–H groups in total. The molecule has 40 heavy (non-hydrogen) atoms. The monoisotopic (exact) mass is 553 g/mol. The maximum Gasteiger partial charge on any atom is 0.455 e. The summed E-state index contributed by atoms with van der Waals surface area (Å²) in [5, 5.41) is 39.8. The van der Waals surface area contributed by atoms with Crippen molar-refractivity contribution in [1.29, 1.82) is 0 Å². The van der Waals surface area contributed by atoms with Crippen LogP contribution in [0.1, 0.15) is 68.6 Å². The van der Waals surface area contributed by atoms with E-state index >= 15 is 0 Å². The van der Waals surface area contributed by atoms with E-state index in [-0.39, 0.29) is 43.6 Å². The van der Waals surface area contributed by atoms with Crippen LogP contribution in [-0.2, 0) is 19.0 Å². The van der Waals surface area contributed by atoms with E-state index in [1.54, 1.807) is 0 Å². The molecule has 10 heteroatoms. The number of unbranched alkanes of at least 4 members (excludes halogenated alkanes) is 2. The Morgan fingerprint density at radius 1 is 1.10 bits per heavy atom. The summed E-state index contributed by atoms with van der Waals surface area (Å²) >= 11 is 0. The fourth-order valence-corrected chi connectivity index (χ4v) is 6.71. The maximum atomic E-state index is 13.5. The molecule has 0 unspecified atom stereocenters. The van der Waals surface area contributed by atoms with Gasteiger partial charge in [-0.05, 0) is 105 Å². The number of aliphatic hydroxyl groups is 1. The number of aliphatic carboxylic acids is 1. The predicted molar refractivity (Wildman–Crippen MR) is 150 cm³/mol. The van der Waals surface area contributed by atoms with Crippen LogP contribution in [0.2, 0.25) is 6.32 Å². The zero-order valence-corrected chi connectivity index (χ0v) is 23.6. The lowest BCUT2D eigenvalue weighted by Gasteiger charge is -2.42. The molecular formula is C30H40BNO8. The fraction of sp³-hybridized carbons (Fsp3) is 0.567. The first kappa shape index (κ1) is 30.0. The first-order valence-corrected chi connectivity index (χ1v) is 14.2. The molecule has 3 aliphatic rings. The van der Waals surface area contributed by atoms with E-state index in [1.807, 2.05) is 32.9 Å². The molecule has 4 rings (SSSR count). The Bertz CT molecular complexity index is 1200. The van der Waals surface area contributed by atoms with Crippen LogP contribution in [0.25, 0.3) is 6.08 Å². The van der Waals surface area contributed by atoms with Crippen LogP contribution in [0.5, 0.6) is 5.75 Å². The minimum Gasteiger partial charge on any atom is -0.507 e. The Kier molecular flexibility index (Phi) is 9.54. The number of hydrogen-bond acceptors (Lipinski definition) is 7. The summed E-state index contributed by atoms with van der Waals surface area (Å²) in [5.74, 6) is -2.58. The molecule has 1 aromatic rings. The van der Waals surface area contributed by atoms with Gasteiger partial charge in [0.1, 0.15) is 5.75 Å². The Balaban J connectivity index is 1.49. The molecule has 2 amide bonds. The van der Waals surface area contributed by atoms with Gasteiger partial charge in [0, 0.05) is 13.0 Å². The highest BCUT2D eigenvalue weighted by molar-refractivity contribution is 6.43. The van der Waals surface area contributed by atoms with Crippen molar-refractivity contribution < 1.29 is 39.4 Å². The summed E-state index contributed by atoms with van der Waals surface area (Å²) in [5.41, 5.74) is 5.26. The van der Waals surface area contributed by atoms with E-state index in [2.05, 4.69) is 6.08 Å². The zero-order chi connectivity index (χ0) is 29.1. The van der Waals surface area contributed by atoms with E-state index in [4.69, 9.17) is 9.76 Å². The number of imide groups is 1. The highest BCUT2D eigenvalue weighted by Crippen LogP contribution is 2.50. The van der Waals surface area contributed by atoms with Gasteiger partial charge in [0.05, 0.1) is 24.5 Å². The smallest absolute Gasteiger partial charge is 0.455 e. The number of aromatic hydroxyl groups is 1. The Morgan fingerprint density at radius 2 is 1.80 bits per heavy atom. The second kappa shape index (κ2) is 12.7. The lowest BCUT2D eigenvalue weighted by Crippen LogP contribution is -2.46. The number of carbonyl (C=O) groups is 3. The van der Waals surface area contributed by atoms with Gasteiger partial charge in [-0.15, -0.1) is 0 Å². The topological polar surface area (TPSA) is 145 Å². The molecule has 0 spiro atoms. The molecule has 2 fully saturated rings. The number of rotatable bonds is 11. The van der Waals surface area contributed by atoms with E-state index in [9.17, 15) is 29.6 Å². The number of amides is 2. The average molecular weight is 553 g/mol. The number of fused-ring (bicyclic) bond motifs is 3. The first-order chi connectivity index (χ1) is 19.0. The minimum atomic E-state index is -1.07. The molecule has 1 aliphatic carbocycles. The standard InChI is InChI=1S/C30H40BNO8/c1-17(11-20-12-18(2)28(36)19(3)13-20)8-9-24-26-21(16-33)14-22-27(23(26)15-31(39)40-24)30(38)32(29(22)37)10-6-4-5-7-25(34)35/h11-13,22-24,27,33,36,39H,4-10,14-16H2,1-3H3,(H,34,35)/b17-11+/t22-,23+,24-,27-/m1/s1. The second-order valence-corrected chi connectivity index (χ2v) is 11.5. The molecule has 1 aromatic carbocycles. The molecule has 0 aromatic heterocycles. The van der Waals surface area contributed by atoms with Crippen LogP contribution < -0.4 is 0 Å². The summed E-state index contributed by atoms with van der Waals surface area (Å²) < 4.78 is 5.96. The van der Waals surface area contributed by atoms with Gasteiger partial charge in [0.2, 0.25) is 11.8 Å². The minimum absolute atomic E-state index is 0.0600. The number of allylic oxidation sites excluding steroid dienone is 1. The molecule has 2 aliphatic heterocycles. The summed E-state index contributed by atoms with van der Waals surface area (Å²) in [6, 6.07) is 3.86. The van der Waals surface area contributed by atoms with Crippen LogP contribution in [0.15, 0.2) is 28.9 Å². The maximum absolute atomic E-state index is 13.5. The lowest BCUT2D eigenvalue weighted by atomic mass is 9.58. The van der Waals surface area contributed by atoms with Crippen molar-refractivity contribution in [2.75, 3.05) is 13.2 Å². The number of carboxylic acids is 1. The van der Waals surface area contributed by atoms with Crippen molar-refractivity contribution in [2.24, 2.45) is 17.8 Å². The van der Waals surface area contributed by atoms with E-state index in [0.29, 0.717) is 44.3 Å². The third kappa shape index (κ3) is 6.34. The molecule has 0 saturated carbocycles. The largest absolute Gasteiger partial charge is 0.507 e. The number of aliphatic hydroxyl groups excluding tert-OH is 1. The zero-order valence-electron chi connectivity index (χ0n) is 23.6. The summed E-state index contributed by atoms with van der Waals surface area (Å²) in [6.07, 6.45) is 5.00. The van der Waals surface area contributed by atoms with Gasteiger partial charge in [-0.2, -0.15) is 0 Å². The van der Waals surface area contributed by atoms with Gasteiger partial charge in [0.15, 0.2) is 0 Å². The second-order valence-electron chi connectivity index (χ2n) is 11.5. The molecular weight excluding hydrogens is 513 g/mol. The lowest BCUT2D eigenvalue weighted by molar-refractivity contribution is -0.141. The van der Waals surface area contributed by atoms with E-state index in [1.165, 1.54) is 4.90 Å². The number of phenolic OH excluding ortho intramolecular Hbond substituents is 1. The number of carbonyl (C=O) groups excluding carboxylic acids is 2. The molecule has 0 bridgehead atoms. The Hall–Kier alpha value is -2.95. The number of hydrogen-bond donors (Lipinski definition) is 4. The molecule has 0 radical (unpaired) electrons. The van der Waals surface area contributed by atoms with Crippen molar-refractivity contribution in [2.45, 2.75) is 78.1 Å². The number of aryl methyl sites for hydroxylation is 2. The SMILES string of the molecule is C/C(=C\c1cc(C)c(O)c(C)c1)CC[C@H]1OB(O)C[C@H]2C1=C(CO)C[C@H]1C(=O)N(CCCCCC(=O)O)C(=O)[C@H]12. The highest BCUT2D eigenvalue weighted by atomic mass is 16.5. The molecule has 9 nitrogen and oxygen atoms in total. The van der Waals surface area contributed by atoms with Crippen molar-refractivity contribution in [3.8, 4) is 5.75 Å². The van der Waals surface area contributed by atoms with E-state index in [0.717, 1.165) is 33.4 Å². The van der Waals surface area contributed by atoms with Crippen LogP contribution in [0, 0.1) is 31.6 Å². The number of nitrogens with zero attached hydrogens (tertiary/aromatic N) is 1. The Morgan fingerprint density at radius 3 is 2.45 bits per heavy atom. The number of benzene rings is 1. The van der Waals surface area contributed by atoms with Gasteiger partial charge in [0.25, 0.3) is 0 Å². The quantitative estimate of drug-likeness (QED) is 0.141. The third-order valence-electron chi connectivity index (χ3n) is 8.59. The van der Waals surface area contributed by atoms with Crippen LogP contribution in [0.4, 0.5) is 0 Å². The molecule has 2 heterocycles. The molecule has 216 valence electrons. The van der Waals surface area contributed by atoms with Gasteiger partial charge >= 0.3 is 13.1 Å². The van der Waals surface area contributed by atoms with E-state index < -0.39 is 31.0 Å². The summed E-state index contributed by atoms with van der Waals surface area (Å²) in [6.45, 7) is 5.76. The van der Waals surface area contributed by atoms with Gasteiger partial charge in [-0.3, -0.25) is 19.3 Å². The third-order valence-corrected chi connectivity index (χ3v) is 8.59. The average Bonchev–Trinajstić information content (AvgIpc) is 3.13. The summed E-state index contributed by atoms with van der Waals surface area (Å²) in [7, 11) is -1.07. The number of carboxylic acid groups (broad SMARTS) is 1. The molecule has 4 atom stereocenters. The van der Waals surface area contributed by atoms with Gasteiger partial charge < -0.3 is 25.0 Å². The van der Waals surface area contributed by atoms with Crippen molar-refractivity contribution in [1.82, 2.24) is 4.90 Å². The Labute approximate surface area is 235 Å². The number of likely N-dealkylation sites (tertiary alicyclic amines) is 1. The van der Waals surface area contributed by atoms with Crippen molar-refractivity contribution in [3.05, 3.63) is 45.5 Å². The predicted octanol–water partition coefficient (Wildman–Crippen LogP) is 3.63. The van der Waals surface area contributed by atoms with Crippen molar-refractivity contribution >= 4 is 31.0 Å². The van der Waals surface area contributed by atoms with Crippen LogP contribution >= 0.6 is 0 Å². The normalized spacial score (nSPS) is 25.0. The van der Waals surface area contributed by atoms with Gasteiger partial charge in [-0.25, -0.2) is 0 Å². The number of phenols is 1. The van der Waals surface area contributed by atoms with Crippen molar-refractivity contribution in [3.63, 3.8) is 0 Å². The summed E-state index contributed by atoms with van der Waals surface area (Å²) in [4.78, 5) is 38.8. The highest BCUT2D eigenvalue weighted by Gasteiger charge is 2.57. The van der Waals surface area contributed by atoms with Gasteiger partial charge in [-0.1, -0.05) is 18.1 Å². The van der Waals surface area contributed by atoms with Crippen LogP contribution in [0.3, 0.4) is 0 Å². The molecule has 2 saturated heterocycles. The fourth-order valence-electron chi connectivity index (χ4n) is 6.71. The van der Waals surface area contributed by atoms with Crippen LogP contribution in [-0.4, -0.2) is 69.4 Å².